The molecule has 0 spiro atoms. The molecule has 0 bridgehead atoms. The van der Waals surface area contributed by atoms with Crippen LogP contribution in [0, 0.1) is 5.41 Å². The molecule has 0 aliphatic carbocycles. The summed E-state index contributed by atoms with van der Waals surface area (Å²) in [6.45, 7) is 4.04. The largest absolute Gasteiger partial charge is 0.290 e. The minimum atomic E-state index is 1.02. The summed E-state index contributed by atoms with van der Waals surface area (Å²) >= 11 is 0. The first kappa shape index (κ1) is 8.08. The van der Waals surface area contributed by atoms with E-state index in [4.69, 9.17) is 5.41 Å². The first-order valence-electron chi connectivity index (χ1n) is 3.00. The van der Waals surface area contributed by atoms with Crippen molar-refractivity contribution < 1.29 is 0 Å². The van der Waals surface area contributed by atoms with Crippen LogP contribution in [0.5, 0.6) is 0 Å². The van der Waals surface area contributed by atoms with Crippen LogP contribution in [0.2, 0.25) is 0 Å². The smallest absolute Gasteiger partial charge is 0.106 e. The average Bonchev–Trinajstić information content (AvgIpc) is 1.85. The van der Waals surface area contributed by atoms with Gasteiger partial charge in [0.2, 0.25) is 0 Å². The molecule has 0 heterocycles. The summed E-state index contributed by atoms with van der Waals surface area (Å²) in [6, 6.07) is 0. The van der Waals surface area contributed by atoms with Gasteiger partial charge in [0.05, 0.1) is 0 Å². The molecule has 0 aromatic heterocycles. The van der Waals surface area contributed by atoms with Gasteiger partial charge in [-0.15, -0.1) is 0 Å². The van der Waals surface area contributed by atoms with Gasteiger partial charge in [-0.05, 0) is 18.9 Å². The molecule has 0 atom stereocenters. The maximum absolute atomic E-state index is 6.58. The fourth-order valence-electron chi connectivity index (χ4n) is 0.530. The second-order valence-electron chi connectivity index (χ2n) is 1.76. The maximum Gasteiger partial charge on any atom is 0.106 e. The molecule has 0 rings (SSSR count). The molecule has 0 aromatic rings. The normalized spacial score (nSPS) is 12.4. The second-order valence-corrected chi connectivity index (χ2v) is 1.76. The molecule has 0 saturated heterocycles. The van der Waals surface area contributed by atoms with Crippen LogP contribution in [0.4, 0.5) is 0 Å². The van der Waals surface area contributed by atoms with Crippen molar-refractivity contribution in [1.29, 1.82) is 5.41 Å². The predicted molar refractivity (Wildman–Crippen MR) is 41.3 cm³/mol. The van der Waals surface area contributed by atoms with Gasteiger partial charge in [0.15, 0.2) is 0 Å². The molecule has 50 valence electrons. The minimum Gasteiger partial charge on any atom is -0.290 e. The number of nitrogens with one attached hydrogen (secondary N) is 1. The number of allylic oxidation sites excluding steroid dienone is 2. The van der Waals surface area contributed by atoms with Gasteiger partial charge in [0.25, 0.3) is 0 Å². The number of rotatable bonds is 3. The highest BCUT2D eigenvalue weighted by atomic mass is 14.7. The molecule has 0 aliphatic rings. The molecule has 0 aromatic carbocycles. The third kappa shape index (κ3) is 4.94. The standard InChI is InChI=1S/C7H12N2/c1-3-4-7(2)5-9-6-8/h4-6,8H,3H2,1-2H3/b7-4-,8-6?,9-5?. The number of hydrogen-bond donors (Lipinski definition) is 1. The van der Waals surface area contributed by atoms with Crippen molar-refractivity contribution in [3.05, 3.63) is 11.6 Å². The first-order valence-corrected chi connectivity index (χ1v) is 3.00. The van der Waals surface area contributed by atoms with E-state index in [0.29, 0.717) is 0 Å². The van der Waals surface area contributed by atoms with Crippen molar-refractivity contribution in [2.45, 2.75) is 20.3 Å². The third-order valence-corrected chi connectivity index (χ3v) is 0.879. The molecule has 0 amide bonds. The van der Waals surface area contributed by atoms with Crippen LogP contribution in [-0.4, -0.2) is 12.6 Å². The number of aliphatic imine (C=N–C) groups is 1. The van der Waals surface area contributed by atoms with Gasteiger partial charge in [-0.2, -0.15) is 0 Å². The van der Waals surface area contributed by atoms with Crippen LogP contribution >= 0.6 is 0 Å². The quantitative estimate of drug-likeness (QED) is 0.441. The molecule has 0 radical (unpaired) electrons. The lowest BCUT2D eigenvalue weighted by molar-refractivity contribution is 1.21. The highest BCUT2D eigenvalue weighted by Gasteiger charge is 1.76. The summed E-state index contributed by atoms with van der Waals surface area (Å²) in [6.07, 6.45) is 5.80. The molecule has 9 heavy (non-hydrogen) atoms. The predicted octanol–water partition coefficient (Wildman–Crippen LogP) is 2.02. The Morgan fingerprint density at radius 3 is 2.78 bits per heavy atom. The SMILES string of the molecule is CC/C=C(/C)C=NC=N. The Labute approximate surface area is 55.8 Å². The molecule has 0 fully saturated rings. The lowest BCUT2D eigenvalue weighted by Gasteiger charge is -1.84. The van der Waals surface area contributed by atoms with Gasteiger partial charge >= 0.3 is 0 Å². The lowest BCUT2D eigenvalue weighted by atomic mass is 10.3. The number of nitrogens with zero attached hydrogens (tertiary/aromatic N) is 1. The van der Waals surface area contributed by atoms with E-state index in [9.17, 15) is 0 Å². The Bertz CT molecular complexity index is 134. The Kier molecular flexibility index (Phi) is 4.69. The van der Waals surface area contributed by atoms with Gasteiger partial charge in [-0.3, -0.25) is 5.41 Å². The highest BCUT2D eigenvalue weighted by molar-refractivity contribution is 5.83. The van der Waals surface area contributed by atoms with Crippen LogP contribution in [0.3, 0.4) is 0 Å². The highest BCUT2D eigenvalue weighted by Crippen LogP contribution is 1.89. The zero-order chi connectivity index (χ0) is 7.11. The van der Waals surface area contributed by atoms with Crippen LogP contribution in [-0.2, 0) is 0 Å². The van der Waals surface area contributed by atoms with Crippen LogP contribution in [0.1, 0.15) is 20.3 Å². The van der Waals surface area contributed by atoms with Crippen molar-refractivity contribution in [3.8, 4) is 0 Å². The molecule has 0 saturated carbocycles. The molecule has 2 nitrogen and oxygen atoms in total. The molecular formula is C7H12N2. The third-order valence-electron chi connectivity index (χ3n) is 0.879. The van der Waals surface area contributed by atoms with E-state index >= 15 is 0 Å². The Hall–Kier alpha value is -0.920. The molecule has 0 unspecified atom stereocenters. The summed E-state index contributed by atoms with van der Waals surface area (Å²) in [5.74, 6) is 0. The fourth-order valence-corrected chi connectivity index (χ4v) is 0.530. The van der Waals surface area contributed by atoms with Crippen molar-refractivity contribution in [2.75, 3.05) is 0 Å². The molecular weight excluding hydrogens is 112 g/mol. The fraction of sp³-hybridized carbons (Fsp3) is 0.429. The van der Waals surface area contributed by atoms with Gasteiger partial charge in [0, 0.05) is 6.21 Å². The van der Waals surface area contributed by atoms with E-state index in [1.165, 1.54) is 0 Å². The minimum absolute atomic E-state index is 1.02. The number of hydrogen-bond acceptors (Lipinski definition) is 1. The summed E-state index contributed by atoms with van der Waals surface area (Å²) in [5, 5.41) is 6.58. The summed E-state index contributed by atoms with van der Waals surface area (Å²) < 4.78 is 0. The van der Waals surface area contributed by atoms with Crippen LogP contribution < -0.4 is 0 Å². The van der Waals surface area contributed by atoms with E-state index in [1.807, 2.05) is 6.92 Å². The first-order chi connectivity index (χ1) is 4.31. The van der Waals surface area contributed by atoms with Crippen LogP contribution in [0.25, 0.3) is 0 Å². The average molecular weight is 124 g/mol. The Balaban J connectivity index is 3.74. The molecule has 0 aliphatic heterocycles. The van der Waals surface area contributed by atoms with Crippen molar-refractivity contribution in [3.63, 3.8) is 0 Å². The zero-order valence-corrected chi connectivity index (χ0v) is 5.89. The van der Waals surface area contributed by atoms with E-state index in [0.717, 1.165) is 18.3 Å². The van der Waals surface area contributed by atoms with Crippen molar-refractivity contribution in [1.82, 2.24) is 0 Å². The second kappa shape index (κ2) is 5.22. The Morgan fingerprint density at radius 1 is 1.67 bits per heavy atom. The van der Waals surface area contributed by atoms with E-state index < -0.39 is 0 Å². The maximum atomic E-state index is 6.58. The summed E-state index contributed by atoms with van der Waals surface area (Å²) in [7, 11) is 0. The van der Waals surface area contributed by atoms with Gasteiger partial charge < -0.3 is 0 Å². The topological polar surface area (TPSA) is 36.2 Å². The lowest BCUT2D eigenvalue weighted by Crippen LogP contribution is -1.76. The van der Waals surface area contributed by atoms with E-state index in [2.05, 4.69) is 18.0 Å². The Morgan fingerprint density at radius 2 is 2.33 bits per heavy atom. The zero-order valence-electron chi connectivity index (χ0n) is 5.89. The molecule has 2 heteroatoms. The van der Waals surface area contributed by atoms with Crippen molar-refractivity contribution in [2.24, 2.45) is 4.99 Å². The van der Waals surface area contributed by atoms with Gasteiger partial charge in [-0.25, -0.2) is 4.99 Å². The van der Waals surface area contributed by atoms with Gasteiger partial charge in [-0.1, -0.05) is 13.0 Å². The van der Waals surface area contributed by atoms with E-state index in [1.54, 1.807) is 6.21 Å². The van der Waals surface area contributed by atoms with Crippen LogP contribution in [0.15, 0.2) is 16.6 Å². The monoisotopic (exact) mass is 124 g/mol. The summed E-state index contributed by atoms with van der Waals surface area (Å²) in [5.41, 5.74) is 1.11. The van der Waals surface area contributed by atoms with Crippen molar-refractivity contribution >= 4 is 12.6 Å². The van der Waals surface area contributed by atoms with Gasteiger partial charge in [0.1, 0.15) is 6.34 Å². The molecule has 1 N–H and O–H groups in total. The van der Waals surface area contributed by atoms with E-state index in [-0.39, 0.29) is 0 Å². The summed E-state index contributed by atoms with van der Waals surface area (Å²) in [4.78, 5) is 3.64.